The number of aromatic nitrogens is 1. The molecule has 122 valence electrons. The fourth-order valence-corrected chi connectivity index (χ4v) is 3.39. The molecule has 0 radical (unpaired) electrons. The average Bonchev–Trinajstić information content (AvgIpc) is 3.24. The van der Waals surface area contributed by atoms with Crippen molar-refractivity contribution in [2.75, 3.05) is 18.1 Å². The summed E-state index contributed by atoms with van der Waals surface area (Å²) in [7, 11) is 0. The molecule has 1 aliphatic rings. The summed E-state index contributed by atoms with van der Waals surface area (Å²) in [4.78, 5) is 2.15. The summed E-state index contributed by atoms with van der Waals surface area (Å²) in [6.45, 7) is 1.45. The van der Waals surface area contributed by atoms with Gasteiger partial charge in [-0.3, -0.25) is 0 Å². The third kappa shape index (κ3) is 2.97. The Morgan fingerprint density at radius 1 is 1.04 bits per heavy atom. The van der Waals surface area contributed by atoms with E-state index in [0.29, 0.717) is 6.61 Å². The van der Waals surface area contributed by atoms with Crippen molar-refractivity contribution in [2.24, 2.45) is 0 Å². The Bertz CT molecular complexity index is 847. The van der Waals surface area contributed by atoms with Gasteiger partial charge in [0.2, 0.25) is 0 Å². The first-order valence-electron chi connectivity index (χ1n) is 7.78. The molecule has 3 aromatic rings. The molecular weight excluding hydrogens is 371 g/mol. The van der Waals surface area contributed by atoms with Gasteiger partial charge in [0, 0.05) is 40.3 Å². The summed E-state index contributed by atoms with van der Waals surface area (Å²) in [5, 5.41) is 0. The lowest BCUT2D eigenvalue weighted by atomic mass is 10.2. The monoisotopic (exact) mass is 386 g/mol. The largest absolute Gasteiger partial charge is 0.352 e. The molecule has 5 heteroatoms. The van der Waals surface area contributed by atoms with E-state index >= 15 is 0 Å². The van der Waals surface area contributed by atoms with Crippen LogP contribution in [-0.4, -0.2) is 17.7 Å². The molecule has 4 rings (SSSR count). The van der Waals surface area contributed by atoms with Crippen LogP contribution in [0.4, 0.5) is 10.1 Å². The molecule has 0 aliphatic carbocycles. The van der Waals surface area contributed by atoms with Crippen LogP contribution in [0.3, 0.4) is 0 Å². The van der Waals surface area contributed by atoms with Crippen molar-refractivity contribution in [1.82, 2.24) is 4.57 Å². The number of halogens is 2. The van der Waals surface area contributed by atoms with Crippen LogP contribution in [0, 0.1) is 5.82 Å². The van der Waals surface area contributed by atoms with Crippen molar-refractivity contribution < 1.29 is 9.13 Å². The van der Waals surface area contributed by atoms with E-state index in [0.717, 1.165) is 28.0 Å². The highest BCUT2D eigenvalue weighted by atomic mass is 79.9. The minimum absolute atomic E-state index is 0.149. The Balaban J connectivity index is 1.62. The fourth-order valence-electron chi connectivity index (χ4n) is 3.00. The number of hydrogen-bond donors (Lipinski definition) is 0. The topological polar surface area (TPSA) is 17.4 Å². The molecule has 0 saturated carbocycles. The minimum atomic E-state index is -0.226. The highest BCUT2D eigenvalue weighted by molar-refractivity contribution is 9.10. The summed E-state index contributed by atoms with van der Waals surface area (Å²) in [5.74, 6) is -0.226. The number of nitrogens with zero attached hydrogens (tertiary/aromatic N) is 2. The van der Waals surface area contributed by atoms with E-state index in [1.807, 2.05) is 18.3 Å². The number of ether oxygens (including phenoxy) is 1. The molecule has 0 amide bonds. The minimum Gasteiger partial charge on any atom is -0.352 e. The van der Waals surface area contributed by atoms with Crippen LogP contribution in [0.15, 0.2) is 71.5 Å². The third-order valence-electron chi connectivity index (χ3n) is 4.16. The van der Waals surface area contributed by atoms with Gasteiger partial charge in [0.1, 0.15) is 5.82 Å². The van der Waals surface area contributed by atoms with E-state index in [1.165, 1.54) is 12.1 Å². The Kier molecular flexibility index (Phi) is 4.12. The highest BCUT2D eigenvalue weighted by Crippen LogP contribution is 2.32. The molecule has 1 atom stereocenters. The smallest absolute Gasteiger partial charge is 0.158 e. The van der Waals surface area contributed by atoms with Gasteiger partial charge in [-0.25, -0.2) is 4.39 Å². The van der Waals surface area contributed by atoms with Crippen LogP contribution in [0.5, 0.6) is 0 Å². The van der Waals surface area contributed by atoms with Gasteiger partial charge in [0.15, 0.2) is 6.23 Å². The summed E-state index contributed by atoms with van der Waals surface area (Å²) in [6, 6.07) is 16.8. The zero-order chi connectivity index (χ0) is 16.5. The van der Waals surface area contributed by atoms with Gasteiger partial charge in [-0.1, -0.05) is 22.0 Å². The molecule has 0 unspecified atom stereocenters. The zero-order valence-corrected chi connectivity index (χ0v) is 14.5. The van der Waals surface area contributed by atoms with Crippen molar-refractivity contribution in [2.45, 2.75) is 6.23 Å². The van der Waals surface area contributed by atoms with Crippen molar-refractivity contribution >= 4 is 21.6 Å². The molecule has 2 aromatic carbocycles. The molecule has 0 bridgehead atoms. The van der Waals surface area contributed by atoms with E-state index in [-0.39, 0.29) is 12.0 Å². The second kappa shape index (κ2) is 6.42. The Hall–Kier alpha value is -2.11. The Morgan fingerprint density at radius 2 is 1.88 bits per heavy atom. The van der Waals surface area contributed by atoms with E-state index in [1.54, 1.807) is 12.1 Å². The third-order valence-corrected chi connectivity index (χ3v) is 4.65. The summed E-state index contributed by atoms with van der Waals surface area (Å²) in [5.41, 5.74) is 3.13. The molecule has 0 spiro atoms. The molecular formula is C19H16BrFN2O. The predicted octanol–water partition coefficient (Wildman–Crippen LogP) is 4.91. The van der Waals surface area contributed by atoms with E-state index in [4.69, 9.17) is 4.74 Å². The summed E-state index contributed by atoms with van der Waals surface area (Å²) in [6.07, 6.45) is 3.96. The van der Waals surface area contributed by atoms with Gasteiger partial charge in [-0.05, 0) is 48.5 Å². The first-order valence-corrected chi connectivity index (χ1v) is 8.58. The molecule has 0 N–H and O–H groups in total. The van der Waals surface area contributed by atoms with Gasteiger partial charge in [-0.15, -0.1) is 0 Å². The normalized spacial score (nSPS) is 17.4. The molecule has 1 aliphatic heterocycles. The van der Waals surface area contributed by atoms with E-state index in [9.17, 15) is 4.39 Å². The Labute approximate surface area is 148 Å². The van der Waals surface area contributed by atoms with Gasteiger partial charge >= 0.3 is 0 Å². The van der Waals surface area contributed by atoms with Gasteiger partial charge in [-0.2, -0.15) is 0 Å². The molecule has 3 nitrogen and oxygen atoms in total. The number of hydrogen-bond acceptors (Lipinski definition) is 2. The van der Waals surface area contributed by atoms with Crippen LogP contribution in [-0.2, 0) is 4.74 Å². The van der Waals surface area contributed by atoms with Crippen LogP contribution in [0.25, 0.3) is 5.69 Å². The maximum atomic E-state index is 13.2. The fraction of sp³-hybridized carbons (Fsp3) is 0.158. The van der Waals surface area contributed by atoms with Crippen molar-refractivity contribution in [1.29, 1.82) is 0 Å². The second-order valence-corrected chi connectivity index (χ2v) is 6.64. The van der Waals surface area contributed by atoms with Crippen molar-refractivity contribution in [3.05, 3.63) is 82.8 Å². The standard InChI is InChI=1S/C19H16BrFN2O/c20-15-2-1-3-18(12-15)22-9-8-14(13-22)19-23(10-11-24-19)17-6-4-16(21)5-7-17/h1-9,12-13,19H,10-11H2/t19-/m0/s1. The Morgan fingerprint density at radius 3 is 2.67 bits per heavy atom. The first kappa shape index (κ1) is 15.4. The number of rotatable bonds is 3. The maximum absolute atomic E-state index is 13.2. The lowest BCUT2D eigenvalue weighted by molar-refractivity contribution is 0.114. The van der Waals surface area contributed by atoms with Crippen molar-refractivity contribution in [3.63, 3.8) is 0 Å². The van der Waals surface area contributed by atoms with Crippen LogP contribution < -0.4 is 4.90 Å². The van der Waals surface area contributed by atoms with Crippen LogP contribution >= 0.6 is 15.9 Å². The van der Waals surface area contributed by atoms with E-state index in [2.05, 4.69) is 49.8 Å². The van der Waals surface area contributed by atoms with Crippen molar-refractivity contribution in [3.8, 4) is 5.69 Å². The molecule has 1 fully saturated rings. The lowest BCUT2D eigenvalue weighted by Gasteiger charge is -2.24. The quantitative estimate of drug-likeness (QED) is 0.635. The summed E-state index contributed by atoms with van der Waals surface area (Å²) < 4.78 is 22.2. The first-order chi connectivity index (χ1) is 11.7. The van der Waals surface area contributed by atoms with Gasteiger partial charge in [0.05, 0.1) is 6.61 Å². The molecule has 2 heterocycles. The van der Waals surface area contributed by atoms with Gasteiger partial charge < -0.3 is 14.2 Å². The summed E-state index contributed by atoms with van der Waals surface area (Å²) >= 11 is 3.50. The predicted molar refractivity (Wildman–Crippen MR) is 95.9 cm³/mol. The number of benzene rings is 2. The maximum Gasteiger partial charge on any atom is 0.158 e. The average molecular weight is 387 g/mol. The van der Waals surface area contributed by atoms with Crippen LogP contribution in [0.1, 0.15) is 11.8 Å². The zero-order valence-electron chi connectivity index (χ0n) is 12.9. The molecule has 1 saturated heterocycles. The molecule has 24 heavy (non-hydrogen) atoms. The highest BCUT2D eigenvalue weighted by Gasteiger charge is 2.27. The number of anilines is 1. The van der Waals surface area contributed by atoms with E-state index < -0.39 is 0 Å². The SMILES string of the molecule is Fc1ccc(N2CCO[C@H]2c2ccn(-c3cccc(Br)c3)c2)cc1. The molecule has 1 aromatic heterocycles. The van der Waals surface area contributed by atoms with Crippen LogP contribution in [0.2, 0.25) is 0 Å². The second-order valence-electron chi connectivity index (χ2n) is 5.72. The lowest BCUT2D eigenvalue weighted by Crippen LogP contribution is -2.22. The van der Waals surface area contributed by atoms with Gasteiger partial charge in [0.25, 0.3) is 0 Å².